The molecule has 1 saturated heterocycles. The summed E-state index contributed by atoms with van der Waals surface area (Å²) in [5.41, 5.74) is 3.80. The van der Waals surface area contributed by atoms with E-state index >= 15 is 0 Å². The van der Waals surface area contributed by atoms with Crippen molar-refractivity contribution in [2.45, 2.75) is 20.4 Å². The molecular formula is C16H17N5O2. The number of carbonyl (C=O) groups excluding carboxylic acids is 2. The van der Waals surface area contributed by atoms with Crippen molar-refractivity contribution < 1.29 is 9.59 Å². The second-order valence-corrected chi connectivity index (χ2v) is 5.38. The van der Waals surface area contributed by atoms with Gasteiger partial charge in [-0.3, -0.25) is 14.8 Å². The Morgan fingerprint density at radius 2 is 2.00 bits per heavy atom. The molecule has 0 radical (unpaired) electrons. The van der Waals surface area contributed by atoms with Gasteiger partial charge in [-0.05, 0) is 19.4 Å². The summed E-state index contributed by atoms with van der Waals surface area (Å²) in [6.07, 6.45) is 1.58. The smallest absolute Gasteiger partial charge is 0.275 e. The highest BCUT2D eigenvalue weighted by atomic mass is 16.2. The van der Waals surface area contributed by atoms with Crippen LogP contribution in [0.4, 0.5) is 4.79 Å². The highest BCUT2D eigenvalue weighted by molar-refractivity contribution is 6.02. The maximum atomic E-state index is 11.5. The molecule has 1 N–H and O–H groups in total. The minimum Gasteiger partial charge on any atom is -0.275 e. The molecule has 1 aliphatic rings. The van der Waals surface area contributed by atoms with Gasteiger partial charge in [0.05, 0.1) is 18.5 Å². The summed E-state index contributed by atoms with van der Waals surface area (Å²) in [7, 11) is 0. The summed E-state index contributed by atoms with van der Waals surface area (Å²) >= 11 is 0. The summed E-state index contributed by atoms with van der Waals surface area (Å²) in [6.45, 7) is 4.47. The lowest BCUT2D eigenvalue weighted by Gasteiger charge is -2.05. The number of hydrogen-bond acceptors (Lipinski definition) is 4. The molecule has 1 fully saturated rings. The monoisotopic (exact) mass is 311 g/mol. The van der Waals surface area contributed by atoms with E-state index < -0.39 is 6.03 Å². The molecule has 0 saturated carbocycles. The number of carbonyl (C=O) groups is 2. The van der Waals surface area contributed by atoms with E-state index in [-0.39, 0.29) is 12.5 Å². The van der Waals surface area contributed by atoms with E-state index in [2.05, 4.69) is 15.5 Å². The van der Waals surface area contributed by atoms with E-state index in [1.165, 1.54) is 0 Å². The molecule has 3 rings (SSSR count). The highest BCUT2D eigenvalue weighted by Gasteiger charge is 2.26. The van der Waals surface area contributed by atoms with Crippen molar-refractivity contribution in [2.75, 3.05) is 6.54 Å². The molecule has 2 heterocycles. The Labute approximate surface area is 133 Å². The third-order valence-electron chi connectivity index (χ3n) is 3.71. The SMILES string of the molecule is Cc1nn(Cc2ccccc2)c(C)c1/C=N/N1CC(=O)NC1=O. The summed E-state index contributed by atoms with van der Waals surface area (Å²) in [5, 5.41) is 11.9. The van der Waals surface area contributed by atoms with Gasteiger partial charge >= 0.3 is 6.03 Å². The molecule has 1 aliphatic heterocycles. The predicted molar refractivity (Wildman–Crippen MR) is 85.1 cm³/mol. The van der Waals surface area contributed by atoms with E-state index in [4.69, 9.17) is 0 Å². The zero-order chi connectivity index (χ0) is 16.4. The third-order valence-corrected chi connectivity index (χ3v) is 3.71. The standard InChI is InChI=1S/C16H17N5O2/c1-11-14(8-17-21-10-15(22)18-16(21)23)12(2)20(19-11)9-13-6-4-3-5-7-13/h3-8H,9-10H2,1-2H3,(H,18,22,23)/b17-8+. The second kappa shape index (κ2) is 6.04. The van der Waals surface area contributed by atoms with Gasteiger partial charge in [0.2, 0.25) is 5.91 Å². The van der Waals surface area contributed by atoms with Crippen molar-refractivity contribution in [3.05, 3.63) is 52.8 Å². The number of imide groups is 1. The highest BCUT2D eigenvalue weighted by Crippen LogP contribution is 2.13. The first kappa shape index (κ1) is 15.0. The molecule has 0 unspecified atom stereocenters. The van der Waals surface area contributed by atoms with Crippen LogP contribution < -0.4 is 5.32 Å². The Bertz CT molecular complexity index is 779. The van der Waals surface area contributed by atoms with Crippen LogP contribution in [0.5, 0.6) is 0 Å². The maximum Gasteiger partial charge on any atom is 0.344 e. The first-order valence-corrected chi connectivity index (χ1v) is 7.28. The molecule has 0 spiro atoms. The first-order chi connectivity index (χ1) is 11.0. The van der Waals surface area contributed by atoms with Crippen LogP contribution in [-0.2, 0) is 11.3 Å². The number of aryl methyl sites for hydroxylation is 1. The number of hydrazone groups is 1. The average Bonchev–Trinajstić information content (AvgIpc) is 2.98. The van der Waals surface area contributed by atoms with E-state index in [9.17, 15) is 9.59 Å². The molecular weight excluding hydrogens is 294 g/mol. The number of aromatic nitrogens is 2. The first-order valence-electron chi connectivity index (χ1n) is 7.28. The zero-order valence-electron chi connectivity index (χ0n) is 13.0. The van der Waals surface area contributed by atoms with Crippen molar-refractivity contribution in [1.82, 2.24) is 20.1 Å². The van der Waals surface area contributed by atoms with Gasteiger partial charge in [0, 0.05) is 11.3 Å². The van der Waals surface area contributed by atoms with Crippen LogP contribution in [-0.4, -0.2) is 39.5 Å². The summed E-state index contributed by atoms with van der Waals surface area (Å²) in [5.74, 6) is -0.347. The Hall–Kier alpha value is -2.96. The minimum absolute atomic E-state index is 0.0500. The van der Waals surface area contributed by atoms with Gasteiger partial charge in [-0.2, -0.15) is 10.2 Å². The van der Waals surface area contributed by atoms with E-state index in [1.807, 2.05) is 48.9 Å². The zero-order valence-corrected chi connectivity index (χ0v) is 13.0. The van der Waals surface area contributed by atoms with E-state index in [0.717, 1.165) is 27.5 Å². The molecule has 1 aromatic heterocycles. The summed E-state index contributed by atoms with van der Waals surface area (Å²) in [4.78, 5) is 22.6. The van der Waals surface area contributed by atoms with Crippen LogP contribution in [0.2, 0.25) is 0 Å². The van der Waals surface area contributed by atoms with Gasteiger partial charge < -0.3 is 0 Å². The van der Waals surface area contributed by atoms with Crippen LogP contribution in [0.25, 0.3) is 0 Å². The molecule has 0 atom stereocenters. The Kier molecular flexibility index (Phi) is 3.92. The lowest BCUT2D eigenvalue weighted by molar-refractivity contribution is -0.118. The molecule has 3 amide bonds. The lowest BCUT2D eigenvalue weighted by atomic mass is 10.2. The third kappa shape index (κ3) is 3.13. The van der Waals surface area contributed by atoms with Crippen LogP contribution in [0.1, 0.15) is 22.5 Å². The molecule has 0 aliphatic carbocycles. The molecule has 7 heteroatoms. The van der Waals surface area contributed by atoms with Crippen molar-refractivity contribution >= 4 is 18.2 Å². The Morgan fingerprint density at radius 1 is 1.26 bits per heavy atom. The Balaban J connectivity index is 1.81. The largest absolute Gasteiger partial charge is 0.344 e. The topological polar surface area (TPSA) is 79.6 Å². The van der Waals surface area contributed by atoms with Gasteiger partial charge in [-0.15, -0.1) is 0 Å². The Morgan fingerprint density at radius 3 is 2.65 bits per heavy atom. The van der Waals surface area contributed by atoms with Crippen LogP contribution in [0, 0.1) is 13.8 Å². The number of nitrogens with zero attached hydrogens (tertiary/aromatic N) is 4. The number of nitrogens with one attached hydrogen (secondary N) is 1. The molecule has 2 aromatic rings. The fraction of sp³-hybridized carbons (Fsp3) is 0.250. The van der Waals surface area contributed by atoms with Gasteiger partial charge in [0.15, 0.2) is 0 Å². The van der Waals surface area contributed by atoms with Gasteiger partial charge in [0.25, 0.3) is 0 Å². The molecule has 23 heavy (non-hydrogen) atoms. The predicted octanol–water partition coefficient (Wildman–Crippen LogP) is 1.43. The van der Waals surface area contributed by atoms with Crippen LogP contribution in [0.15, 0.2) is 35.4 Å². The number of rotatable bonds is 4. The second-order valence-electron chi connectivity index (χ2n) is 5.38. The van der Waals surface area contributed by atoms with E-state index in [1.54, 1.807) is 6.21 Å². The van der Waals surface area contributed by atoms with Crippen molar-refractivity contribution in [2.24, 2.45) is 5.10 Å². The minimum atomic E-state index is -0.502. The molecule has 7 nitrogen and oxygen atoms in total. The molecule has 118 valence electrons. The summed E-state index contributed by atoms with van der Waals surface area (Å²) in [6, 6.07) is 9.55. The fourth-order valence-corrected chi connectivity index (χ4v) is 2.46. The van der Waals surface area contributed by atoms with Crippen LogP contribution in [0.3, 0.4) is 0 Å². The maximum absolute atomic E-state index is 11.5. The molecule has 0 bridgehead atoms. The normalized spacial score (nSPS) is 14.8. The summed E-state index contributed by atoms with van der Waals surface area (Å²) < 4.78 is 1.90. The number of hydrogen-bond donors (Lipinski definition) is 1. The van der Waals surface area contributed by atoms with Gasteiger partial charge in [-0.1, -0.05) is 30.3 Å². The van der Waals surface area contributed by atoms with Crippen molar-refractivity contribution in [1.29, 1.82) is 0 Å². The number of urea groups is 1. The van der Waals surface area contributed by atoms with Gasteiger partial charge in [0.1, 0.15) is 6.54 Å². The van der Waals surface area contributed by atoms with Crippen LogP contribution >= 0.6 is 0 Å². The average molecular weight is 311 g/mol. The number of amides is 3. The van der Waals surface area contributed by atoms with Gasteiger partial charge in [-0.25, -0.2) is 9.80 Å². The van der Waals surface area contributed by atoms with E-state index in [0.29, 0.717) is 6.54 Å². The lowest BCUT2D eigenvalue weighted by Crippen LogP contribution is -2.24. The molecule has 1 aromatic carbocycles. The van der Waals surface area contributed by atoms with Crippen molar-refractivity contribution in [3.63, 3.8) is 0 Å². The number of benzene rings is 1. The van der Waals surface area contributed by atoms with Crippen molar-refractivity contribution in [3.8, 4) is 0 Å². The fourth-order valence-electron chi connectivity index (χ4n) is 2.46. The quantitative estimate of drug-likeness (QED) is 0.685.